The van der Waals surface area contributed by atoms with Crippen LogP contribution in [0, 0.1) is 0 Å². The quantitative estimate of drug-likeness (QED) is 0.679. The van der Waals surface area contributed by atoms with Gasteiger partial charge >= 0.3 is 0 Å². The van der Waals surface area contributed by atoms with Gasteiger partial charge in [-0.25, -0.2) is 0 Å². The molecule has 0 atom stereocenters. The zero-order chi connectivity index (χ0) is 9.80. The fourth-order valence-corrected chi connectivity index (χ4v) is 2.12. The maximum Gasteiger partial charge on any atom is 0.226 e. The van der Waals surface area contributed by atoms with Crippen LogP contribution >= 0.6 is 0 Å². The molecule has 1 aromatic heterocycles. The minimum absolute atomic E-state index is 0.557. The predicted octanol–water partition coefficient (Wildman–Crippen LogP) is 3.07. The van der Waals surface area contributed by atoms with Gasteiger partial charge in [0.05, 0.1) is 0 Å². The second-order valence-electron chi connectivity index (χ2n) is 4.09. The molecule has 3 heteroatoms. The number of nitrogens with zero attached hydrogens (tertiary/aromatic N) is 2. The highest BCUT2D eigenvalue weighted by Crippen LogP contribution is 2.29. The van der Waals surface area contributed by atoms with Crippen molar-refractivity contribution in [3.8, 4) is 0 Å². The van der Waals surface area contributed by atoms with Crippen LogP contribution in [0.25, 0.3) is 0 Å². The monoisotopic (exact) mass is 194 g/mol. The second-order valence-corrected chi connectivity index (χ2v) is 4.09. The van der Waals surface area contributed by atoms with Crippen molar-refractivity contribution in [2.24, 2.45) is 0 Å². The first kappa shape index (κ1) is 9.69. The molecule has 0 amide bonds. The number of rotatable bonds is 2. The lowest BCUT2D eigenvalue weighted by atomic mass is 10.00. The summed E-state index contributed by atoms with van der Waals surface area (Å²) in [4.78, 5) is 4.42. The Morgan fingerprint density at radius 1 is 1.21 bits per heavy atom. The smallest absolute Gasteiger partial charge is 0.226 e. The van der Waals surface area contributed by atoms with Gasteiger partial charge < -0.3 is 4.52 Å². The van der Waals surface area contributed by atoms with Gasteiger partial charge in [0.15, 0.2) is 5.82 Å². The number of aryl methyl sites for hydroxylation is 1. The van der Waals surface area contributed by atoms with Crippen molar-refractivity contribution in [3.05, 3.63) is 11.7 Å². The summed E-state index contributed by atoms with van der Waals surface area (Å²) in [6.07, 6.45) is 8.70. The molecule has 14 heavy (non-hydrogen) atoms. The molecule has 1 aliphatic rings. The highest BCUT2D eigenvalue weighted by atomic mass is 16.5. The summed E-state index contributed by atoms with van der Waals surface area (Å²) in [5.74, 6) is 2.29. The highest BCUT2D eigenvalue weighted by molar-refractivity contribution is 4.96. The van der Waals surface area contributed by atoms with E-state index in [2.05, 4.69) is 10.1 Å². The van der Waals surface area contributed by atoms with Crippen LogP contribution in [0.3, 0.4) is 0 Å². The van der Waals surface area contributed by atoms with Crippen LogP contribution in [0.15, 0.2) is 4.52 Å². The van der Waals surface area contributed by atoms with Crippen LogP contribution in [-0.4, -0.2) is 10.1 Å². The van der Waals surface area contributed by atoms with Crippen LogP contribution in [-0.2, 0) is 6.42 Å². The topological polar surface area (TPSA) is 38.9 Å². The van der Waals surface area contributed by atoms with Crippen LogP contribution < -0.4 is 0 Å². The largest absolute Gasteiger partial charge is 0.339 e. The van der Waals surface area contributed by atoms with Crippen molar-refractivity contribution in [2.45, 2.75) is 57.8 Å². The minimum atomic E-state index is 0.557. The molecule has 1 heterocycles. The fourth-order valence-electron chi connectivity index (χ4n) is 2.12. The molecule has 0 spiro atoms. The van der Waals surface area contributed by atoms with E-state index in [9.17, 15) is 0 Å². The molecule has 0 bridgehead atoms. The Morgan fingerprint density at radius 2 is 1.93 bits per heavy atom. The molecule has 78 valence electrons. The zero-order valence-corrected chi connectivity index (χ0v) is 8.83. The van der Waals surface area contributed by atoms with Crippen molar-refractivity contribution < 1.29 is 4.52 Å². The van der Waals surface area contributed by atoms with Gasteiger partial charge in [0.1, 0.15) is 0 Å². The molecule has 1 aromatic rings. The molecule has 0 aromatic carbocycles. The van der Waals surface area contributed by atoms with Gasteiger partial charge in [-0.15, -0.1) is 0 Å². The molecule has 1 aliphatic carbocycles. The Morgan fingerprint density at radius 3 is 2.50 bits per heavy atom. The normalized spacial score (nSPS) is 19.5. The van der Waals surface area contributed by atoms with Crippen molar-refractivity contribution >= 4 is 0 Å². The molecule has 0 radical (unpaired) electrons. The standard InChI is InChI=1S/C11H18N2O/c1-2-10-12-11(13-14-10)9-7-5-3-4-6-8-9/h9H,2-8H2,1H3. The summed E-state index contributed by atoms with van der Waals surface area (Å²) >= 11 is 0. The molecule has 1 saturated carbocycles. The number of hydrogen-bond acceptors (Lipinski definition) is 3. The molecule has 0 N–H and O–H groups in total. The average molecular weight is 194 g/mol. The maximum atomic E-state index is 5.15. The van der Waals surface area contributed by atoms with E-state index in [1.54, 1.807) is 0 Å². The van der Waals surface area contributed by atoms with Crippen LogP contribution in [0.2, 0.25) is 0 Å². The molecule has 3 nitrogen and oxygen atoms in total. The third-order valence-electron chi connectivity index (χ3n) is 3.01. The van der Waals surface area contributed by atoms with Crippen molar-refractivity contribution in [2.75, 3.05) is 0 Å². The summed E-state index contributed by atoms with van der Waals surface area (Å²) < 4.78 is 5.15. The lowest BCUT2D eigenvalue weighted by molar-refractivity contribution is 0.370. The lowest BCUT2D eigenvalue weighted by Crippen LogP contribution is -1.99. The first-order chi connectivity index (χ1) is 6.90. The zero-order valence-electron chi connectivity index (χ0n) is 8.83. The van der Waals surface area contributed by atoms with Gasteiger partial charge in [0.25, 0.3) is 0 Å². The first-order valence-corrected chi connectivity index (χ1v) is 5.72. The molecular weight excluding hydrogens is 176 g/mol. The summed E-state index contributed by atoms with van der Waals surface area (Å²) in [6.45, 7) is 2.05. The minimum Gasteiger partial charge on any atom is -0.339 e. The van der Waals surface area contributed by atoms with Gasteiger partial charge in [-0.2, -0.15) is 4.98 Å². The second kappa shape index (κ2) is 4.58. The van der Waals surface area contributed by atoms with E-state index >= 15 is 0 Å². The van der Waals surface area contributed by atoms with E-state index < -0.39 is 0 Å². The van der Waals surface area contributed by atoms with Crippen LogP contribution in [0.5, 0.6) is 0 Å². The number of aromatic nitrogens is 2. The average Bonchev–Trinajstić information content (AvgIpc) is 2.53. The number of hydrogen-bond donors (Lipinski definition) is 0. The molecule has 1 fully saturated rings. The van der Waals surface area contributed by atoms with E-state index in [1.165, 1.54) is 38.5 Å². The van der Waals surface area contributed by atoms with Crippen LogP contribution in [0.1, 0.15) is 63.1 Å². The van der Waals surface area contributed by atoms with Gasteiger partial charge in [-0.3, -0.25) is 0 Å². The first-order valence-electron chi connectivity index (χ1n) is 5.72. The summed E-state index contributed by atoms with van der Waals surface area (Å²) in [5.41, 5.74) is 0. The third kappa shape index (κ3) is 2.14. The SMILES string of the molecule is CCc1nc(C2CCCCCC2)no1. The van der Waals surface area contributed by atoms with Gasteiger partial charge in [0.2, 0.25) is 5.89 Å². The van der Waals surface area contributed by atoms with Crippen molar-refractivity contribution in [1.29, 1.82) is 0 Å². The highest BCUT2D eigenvalue weighted by Gasteiger charge is 2.19. The lowest BCUT2D eigenvalue weighted by Gasteiger charge is -2.07. The molecule has 2 rings (SSSR count). The Labute approximate surface area is 84.9 Å². The Hall–Kier alpha value is -0.860. The van der Waals surface area contributed by atoms with Crippen molar-refractivity contribution in [1.82, 2.24) is 10.1 Å². The van der Waals surface area contributed by atoms with E-state index in [-0.39, 0.29) is 0 Å². The van der Waals surface area contributed by atoms with Crippen molar-refractivity contribution in [3.63, 3.8) is 0 Å². The molecular formula is C11H18N2O. The molecule has 0 unspecified atom stereocenters. The van der Waals surface area contributed by atoms with E-state index in [4.69, 9.17) is 4.52 Å². The van der Waals surface area contributed by atoms with Gasteiger partial charge in [-0.1, -0.05) is 37.8 Å². The summed E-state index contributed by atoms with van der Waals surface area (Å²) in [7, 11) is 0. The Kier molecular flexibility index (Phi) is 3.17. The Bertz CT molecular complexity index is 275. The summed E-state index contributed by atoms with van der Waals surface area (Å²) in [6, 6.07) is 0. The van der Waals surface area contributed by atoms with E-state index in [0.717, 1.165) is 18.1 Å². The van der Waals surface area contributed by atoms with Gasteiger partial charge in [0, 0.05) is 12.3 Å². The third-order valence-corrected chi connectivity index (χ3v) is 3.01. The van der Waals surface area contributed by atoms with Gasteiger partial charge in [-0.05, 0) is 12.8 Å². The summed E-state index contributed by atoms with van der Waals surface area (Å²) in [5, 5.41) is 4.07. The molecule has 0 aliphatic heterocycles. The van der Waals surface area contributed by atoms with E-state index in [1.807, 2.05) is 6.92 Å². The Balaban J connectivity index is 2.04. The predicted molar refractivity (Wildman–Crippen MR) is 54.1 cm³/mol. The fraction of sp³-hybridized carbons (Fsp3) is 0.818. The molecule has 0 saturated heterocycles. The van der Waals surface area contributed by atoms with E-state index in [0.29, 0.717) is 5.92 Å². The van der Waals surface area contributed by atoms with Crippen LogP contribution in [0.4, 0.5) is 0 Å². The maximum absolute atomic E-state index is 5.15.